The van der Waals surface area contributed by atoms with E-state index < -0.39 is 40.4 Å². The largest absolute Gasteiger partial charge is 0.416 e. The lowest BCUT2D eigenvalue weighted by Gasteiger charge is -2.34. The summed E-state index contributed by atoms with van der Waals surface area (Å²) in [5.41, 5.74) is -2.85. The van der Waals surface area contributed by atoms with Gasteiger partial charge in [-0.2, -0.15) is 26.3 Å². The fraction of sp³-hybridized carbons (Fsp3) is 0.414. The van der Waals surface area contributed by atoms with Crippen molar-refractivity contribution in [3.63, 3.8) is 0 Å². The standard InChI is InChI=1S/C29H31F6N5O/c1-18-8-6-7-9-22(18)24-23(17-36-26(37-24)40-12-10-38(4)11-13-40)39(5)25(41)27(2,3)19-14-20(28(30,31)32)16-21(15-19)29(33,34)35/h6-9,14-17H,10-13H2,1-5H3. The van der Waals surface area contributed by atoms with Crippen molar-refractivity contribution in [1.29, 1.82) is 0 Å². The number of alkyl halides is 6. The number of hydrogen-bond donors (Lipinski definition) is 0. The van der Waals surface area contributed by atoms with Crippen LogP contribution in [0.3, 0.4) is 0 Å². The number of nitrogens with zero attached hydrogens (tertiary/aromatic N) is 5. The van der Waals surface area contributed by atoms with Gasteiger partial charge in [0.1, 0.15) is 0 Å². The van der Waals surface area contributed by atoms with Crippen molar-refractivity contribution in [2.45, 2.75) is 38.5 Å². The number of aryl methyl sites for hydroxylation is 1. The summed E-state index contributed by atoms with van der Waals surface area (Å²) in [7, 11) is 3.43. The summed E-state index contributed by atoms with van der Waals surface area (Å²) in [6, 6.07) is 8.62. The Kier molecular flexibility index (Phi) is 8.10. The fourth-order valence-corrected chi connectivity index (χ4v) is 4.78. The Morgan fingerprint density at radius 3 is 1.95 bits per heavy atom. The van der Waals surface area contributed by atoms with Crippen molar-refractivity contribution in [1.82, 2.24) is 14.9 Å². The number of amides is 1. The van der Waals surface area contributed by atoms with E-state index in [1.807, 2.05) is 43.1 Å². The summed E-state index contributed by atoms with van der Waals surface area (Å²) >= 11 is 0. The molecule has 0 N–H and O–H groups in total. The van der Waals surface area contributed by atoms with Gasteiger partial charge in [-0.25, -0.2) is 9.97 Å². The van der Waals surface area contributed by atoms with Gasteiger partial charge in [-0.3, -0.25) is 4.79 Å². The number of likely N-dealkylation sites (N-methyl/N-ethyl adjacent to an activating group) is 2. The smallest absolute Gasteiger partial charge is 0.338 e. The van der Waals surface area contributed by atoms with Crippen LogP contribution < -0.4 is 9.80 Å². The maximum atomic E-state index is 13.9. The highest BCUT2D eigenvalue weighted by atomic mass is 19.4. The number of rotatable bonds is 5. The van der Waals surface area contributed by atoms with Crippen LogP contribution in [0, 0.1) is 6.92 Å². The minimum atomic E-state index is -5.04. The Labute approximate surface area is 234 Å². The van der Waals surface area contributed by atoms with E-state index in [4.69, 9.17) is 4.98 Å². The van der Waals surface area contributed by atoms with Gasteiger partial charge in [0.05, 0.1) is 34.1 Å². The molecule has 1 aliphatic rings. The molecule has 0 unspecified atom stereocenters. The van der Waals surface area contributed by atoms with Crippen LogP contribution in [0.1, 0.15) is 36.1 Å². The summed E-state index contributed by atoms with van der Waals surface area (Å²) in [5.74, 6) is -0.261. The number of piperazine rings is 1. The van der Waals surface area contributed by atoms with E-state index in [9.17, 15) is 31.1 Å². The van der Waals surface area contributed by atoms with E-state index >= 15 is 0 Å². The molecular formula is C29H31F6N5O. The van der Waals surface area contributed by atoms with E-state index in [1.54, 1.807) is 0 Å². The SMILES string of the molecule is Cc1ccccc1-c1nc(N2CCN(C)CC2)ncc1N(C)C(=O)C(C)(C)c1cc(C(F)(F)F)cc(C(F)(F)F)c1. The van der Waals surface area contributed by atoms with Gasteiger partial charge >= 0.3 is 12.4 Å². The summed E-state index contributed by atoms with van der Waals surface area (Å²) in [5, 5.41) is 0. The highest BCUT2D eigenvalue weighted by Gasteiger charge is 2.41. The lowest BCUT2D eigenvalue weighted by molar-refractivity contribution is -0.143. The molecule has 0 atom stereocenters. The Bertz CT molecular complexity index is 1400. The van der Waals surface area contributed by atoms with E-state index in [1.165, 1.54) is 32.0 Å². The first-order valence-electron chi connectivity index (χ1n) is 12.9. The lowest BCUT2D eigenvalue weighted by Crippen LogP contribution is -2.45. The molecule has 1 amide bonds. The van der Waals surface area contributed by atoms with Gasteiger partial charge in [0.2, 0.25) is 11.9 Å². The van der Waals surface area contributed by atoms with Crippen LogP contribution in [-0.2, 0) is 22.6 Å². The van der Waals surface area contributed by atoms with Gasteiger partial charge in [0.25, 0.3) is 0 Å². The summed E-state index contributed by atoms with van der Waals surface area (Å²) in [4.78, 5) is 28.6. The zero-order chi connectivity index (χ0) is 30.3. The van der Waals surface area contributed by atoms with Crippen LogP contribution >= 0.6 is 0 Å². The molecule has 41 heavy (non-hydrogen) atoms. The summed E-state index contributed by atoms with van der Waals surface area (Å²) in [6.07, 6.45) is -8.60. The molecule has 3 aromatic rings. The van der Waals surface area contributed by atoms with E-state index in [2.05, 4.69) is 9.88 Å². The molecule has 220 valence electrons. The van der Waals surface area contributed by atoms with Gasteiger partial charge in [-0.1, -0.05) is 24.3 Å². The third-order valence-corrected chi connectivity index (χ3v) is 7.45. The maximum absolute atomic E-state index is 13.9. The predicted octanol–water partition coefficient (Wildman–Crippen LogP) is 6.18. The number of hydrogen-bond acceptors (Lipinski definition) is 5. The number of halogens is 6. The predicted molar refractivity (Wildman–Crippen MR) is 145 cm³/mol. The Hall–Kier alpha value is -3.67. The molecule has 1 fully saturated rings. The Morgan fingerprint density at radius 2 is 1.41 bits per heavy atom. The molecule has 2 heterocycles. The molecule has 4 rings (SSSR count). The zero-order valence-corrected chi connectivity index (χ0v) is 23.4. The molecule has 6 nitrogen and oxygen atoms in total. The first kappa shape index (κ1) is 30.3. The molecule has 2 aromatic carbocycles. The van der Waals surface area contributed by atoms with Crippen LogP contribution in [0.2, 0.25) is 0 Å². The van der Waals surface area contributed by atoms with Crippen LogP contribution in [0.15, 0.2) is 48.7 Å². The quantitative estimate of drug-likeness (QED) is 0.338. The third-order valence-electron chi connectivity index (χ3n) is 7.45. The van der Waals surface area contributed by atoms with Crippen molar-refractivity contribution in [3.05, 3.63) is 70.9 Å². The molecule has 0 spiro atoms. The van der Waals surface area contributed by atoms with Crippen molar-refractivity contribution >= 4 is 17.5 Å². The Balaban J connectivity index is 1.79. The molecule has 12 heteroatoms. The topological polar surface area (TPSA) is 52.6 Å². The van der Waals surface area contributed by atoms with Crippen LogP contribution in [-0.4, -0.2) is 61.0 Å². The average molecular weight is 580 g/mol. The molecule has 1 saturated heterocycles. The second-order valence-corrected chi connectivity index (χ2v) is 10.8. The van der Waals surface area contributed by atoms with E-state index in [-0.39, 0.29) is 11.8 Å². The van der Waals surface area contributed by atoms with Crippen LogP contribution in [0.25, 0.3) is 11.3 Å². The van der Waals surface area contributed by atoms with Gasteiger partial charge in [0, 0.05) is 38.8 Å². The molecule has 1 aromatic heterocycles. The normalized spacial score (nSPS) is 15.2. The summed E-state index contributed by atoms with van der Waals surface area (Å²) in [6.45, 7) is 7.50. The molecular weight excluding hydrogens is 548 g/mol. The van der Waals surface area contributed by atoms with E-state index in [0.717, 1.165) is 24.2 Å². The minimum Gasteiger partial charge on any atom is -0.338 e. The van der Waals surface area contributed by atoms with Crippen LogP contribution in [0.4, 0.5) is 38.0 Å². The van der Waals surface area contributed by atoms with Crippen molar-refractivity contribution in [3.8, 4) is 11.3 Å². The molecule has 0 aliphatic carbocycles. The number of aromatic nitrogens is 2. The first-order chi connectivity index (χ1) is 19.0. The lowest BCUT2D eigenvalue weighted by atomic mass is 9.81. The highest BCUT2D eigenvalue weighted by molar-refractivity contribution is 6.02. The van der Waals surface area contributed by atoms with Gasteiger partial charge in [0.15, 0.2) is 0 Å². The average Bonchev–Trinajstić information content (AvgIpc) is 2.91. The van der Waals surface area contributed by atoms with Crippen molar-refractivity contribution < 1.29 is 31.1 Å². The summed E-state index contributed by atoms with van der Waals surface area (Å²) < 4.78 is 81.3. The first-order valence-corrected chi connectivity index (χ1v) is 12.9. The zero-order valence-electron chi connectivity index (χ0n) is 23.4. The van der Waals surface area contributed by atoms with Crippen LogP contribution in [0.5, 0.6) is 0 Å². The van der Waals surface area contributed by atoms with Crippen molar-refractivity contribution in [2.75, 3.05) is 50.1 Å². The van der Waals surface area contributed by atoms with Gasteiger partial charge in [-0.05, 0) is 57.1 Å². The number of carbonyl (C=O) groups excluding carboxylic acids is 1. The second kappa shape index (κ2) is 11.0. The minimum absolute atomic E-state index is 0.0506. The molecule has 0 saturated carbocycles. The Morgan fingerprint density at radius 1 is 0.878 bits per heavy atom. The molecule has 0 bridgehead atoms. The highest BCUT2D eigenvalue weighted by Crippen LogP contribution is 2.40. The van der Waals surface area contributed by atoms with Gasteiger partial charge < -0.3 is 14.7 Å². The number of anilines is 2. The maximum Gasteiger partial charge on any atom is 0.416 e. The fourth-order valence-electron chi connectivity index (χ4n) is 4.78. The monoisotopic (exact) mass is 579 g/mol. The number of benzene rings is 2. The van der Waals surface area contributed by atoms with E-state index in [0.29, 0.717) is 36.9 Å². The third kappa shape index (κ3) is 6.32. The molecule has 0 radical (unpaired) electrons. The number of carbonyl (C=O) groups is 1. The molecule has 1 aliphatic heterocycles. The van der Waals surface area contributed by atoms with Crippen molar-refractivity contribution in [2.24, 2.45) is 0 Å². The van der Waals surface area contributed by atoms with Gasteiger partial charge in [-0.15, -0.1) is 0 Å². The second-order valence-electron chi connectivity index (χ2n) is 10.8.